The van der Waals surface area contributed by atoms with Crippen LogP contribution in [0.4, 0.5) is 19.0 Å². The molecule has 2 aromatic rings. The van der Waals surface area contributed by atoms with E-state index >= 15 is 0 Å². The van der Waals surface area contributed by atoms with E-state index in [9.17, 15) is 23.4 Å². The predicted octanol–water partition coefficient (Wildman–Crippen LogP) is 0.537. The highest BCUT2D eigenvalue weighted by Gasteiger charge is 2.39. The van der Waals surface area contributed by atoms with Gasteiger partial charge in [0.2, 0.25) is 0 Å². The Hall–Kier alpha value is -2.41. The molecule has 1 unspecified atom stereocenters. The second-order valence-electron chi connectivity index (χ2n) is 6.63. The number of alkyl halides is 3. The zero-order chi connectivity index (χ0) is 21.0. The molecular weight excluding hydrogens is 393 g/mol. The molecule has 2 aromatic heterocycles. The minimum absolute atomic E-state index is 0.0429. The second kappa shape index (κ2) is 8.95. The Balaban J connectivity index is 1.56. The van der Waals surface area contributed by atoms with Crippen molar-refractivity contribution in [1.82, 2.24) is 25.3 Å². The summed E-state index contributed by atoms with van der Waals surface area (Å²) in [6, 6.07) is 0.636. The zero-order valence-corrected chi connectivity index (χ0v) is 15.4. The average molecular weight is 414 g/mol. The quantitative estimate of drug-likeness (QED) is 0.536. The third-order valence-electron chi connectivity index (χ3n) is 4.49. The summed E-state index contributed by atoms with van der Waals surface area (Å²) in [6.45, 7) is 2.02. The lowest BCUT2D eigenvalue weighted by Crippen LogP contribution is -2.58. The Kier molecular flexibility index (Phi) is 6.57. The minimum atomic E-state index is -4.64. The molecule has 0 spiro atoms. The van der Waals surface area contributed by atoms with Gasteiger partial charge in [0, 0.05) is 18.9 Å². The van der Waals surface area contributed by atoms with E-state index in [0.29, 0.717) is 12.0 Å². The standard InChI is InChI=1S/C17H21F3N6O3/c1-9(16-22-3-2-4-23-16)24-5-11-15(28)14(27)10(8-29-11)25-13-7-21-6-12(26-13)17(18,19)20/h2-4,6-7,9-11,14-15,24,27-28H,5,8H2,1H3,(H,25,26)/t9?,10-,11+,14+,15-/m0/s1. The molecule has 1 aliphatic heterocycles. The van der Waals surface area contributed by atoms with Gasteiger partial charge in [-0.2, -0.15) is 13.2 Å². The van der Waals surface area contributed by atoms with E-state index in [0.717, 1.165) is 6.20 Å². The van der Waals surface area contributed by atoms with Crippen molar-refractivity contribution in [3.05, 3.63) is 42.4 Å². The summed E-state index contributed by atoms with van der Waals surface area (Å²) >= 11 is 0. The van der Waals surface area contributed by atoms with Crippen molar-refractivity contribution >= 4 is 5.82 Å². The molecule has 0 aliphatic carbocycles. The van der Waals surface area contributed by atoms with Gasteiger partial charge in [0.15, 0.2) is 5.69 Å². The largest absolute Gasteiger partial charge is 0.434 e. The van der Waals surface area contributed by atoms with Gasteiger partial charge in [-0.15, -0.1) is 0 Å². The van der Waals surface area contributed by atoms with Gasteiger partial charge >= 0.3 is 6.18 Å². The summed E-state index contributed by atoms with van der Waals surface area (Å²) in [6.07, 6.45) is -2.97. The summed E-state index contributed by atoms with van der Waals surface area (Å²) in [4.78, 5) is 15.2. The fraction of sp³-hybridized carbons (Fsp3) is 0.529. The van der Waals surface area contributed by atoms with Crippen LogP contribution in [0.2, 0.25) is 0 Å². The SMILES string of the molecule is CC(NC[C@H]1OC[C@H](Nc2cncc(C(F)(F)F)n2)[C@@H](O)[C@H]1O)c1ncccn1. The molecule has 12 heteroatoms. The van der Waals surface area contributed by atoms with E-state index in [1.807, 2.05) is 6.92 Å². The van der Waals surface area contributed by atoms with Gasteiger partial charge in [0.05, 0.1) is 37.2 Å². The fourth-order valence-corrected chi connectivity index (χ4v) is 2.87. The van der Waals surface area contributed by atoms with Crippen molar-refractivity contribution in [2.24, 2.45) is 0 Å². The third-order valence-corrected chi connectivity index (χ3v) is 4.49. The summed E-state index contributed by atoms with van der Waals surface area (Å²) in [5, 5.41) is 26.5. The maximum absolute atomic E-state index is 12.7. The van der Waals surface area contributed by atoms with Crippen molar-refractivity contribution in [1.29, 1.82) is 0 Å². The molecule has 1 aliphatic rings. The first-order valence-electron chi connectivity index (χ1n) is 8.89. The number of anilines is 1. The Morgan fingerprint density at radius 2 is 1.93 bits per heavy atom. The van der Waals surface area contributed by atoms with E-state index in [-0.39, 0.29) is 25.0 Å². The Morgan fingerprint density at radius 3 is 2.62 bits per heavy atom. The second-order valence-corrected chi connectivity index (χ2v) is 6.63. The number of rotatable bonds is 6. The summed E-state index contributed by atoms with van der Waals surface area (Å²) in [7, 11) is 0. The van der Waals surface area contributed by atoms with Crippen LogP contribution in [0.3, 0.4) is 0 Å². The number of ether oxygens (including phenoxy) is 1. The molecular formula is C17H21F3N6O3. The number of halogens is 3. The molecule has 158 valence electrons. The smallest absolute Gasteiger partial charge is 0.388 e. The summed E-state index contributed by atoms with van der Waals surface area (Å²) in [5.41, 5.74) is -1.16. The van der Waals surface area contributed by atoms with Gasteiger partial charge in [0.25, 0.3) is 0 Å². The van der Waals surface area contributed by atoms with Crippen LogP contribution in [0.25, 0.3) is 0 Å². The molecule has 1 saturated heterocycles. The highest BCUT2D eigenvalue weighted by molar-refractivity contribution is 5.34. The van der Waals surface area contributed by atoms with Crippen molar-refractivity contribution < 1.29 is 28.1 Å². The first kappa shape index (κ1) is 21.3. The molecule has 0 saturated carbocycles. The lowest BCUT2D eigenvalue weighted by Gasteiger charge is -2.38. The number of aliphatic hydroxyl groups is 2. The van der Waals surface area contributed by atoms with Crippen LogP contribution in [0.5, 0.6) is 0 Å². The molecule has 0 amide bonds. The molecule has 5 atom stereocenters. The number of hydrogen-bond donors (Lipinski definition) is 4. The summed E-state index contributed by atoms with van der Waals surface area (Å²) < 4.78 is 43.8. The highest BCUT2D eigenvalue weighted by Crippen LogP contribution is 2.28. The van der Waals surface area contributed by atoms with Crippen LogP contribution in [0.15, 0.2) is 30.9 Å². The Bertz CT molecular complexity index is 797. The average Bonchev–Trinajstić information content (AvgIpc) is 2.71. The van der Waals surface area contributed by atoms with Crippen LogP contribution in [-0.4, -0.2) is 67.7 Å². The number of nitrogens with one attached hydrogen (secondary N) is 2. The Labute approximate surface area is 164 Å². The van der Waals surface area contributed by atoms with E-state index in [1.54, 1.807) is 18.5 Å². The van der Waals surface area contributed by atoms with Crippen LogP contribution in [0, 0.1) is 0 Å². The zero-order valence-electron chi connectivity index (χ0n) is 15.4. The Morgan fingerprint density at radius 1 is 1.21 bits per heavy atom. The fourth-order valence-electron chi connectivity index (χ4n) is 2.87. The molecule has 29 heavy (non-hydrogen) atoms. The van der Waals surface area contributed by atoms with Crippen LogP contribution in [-0.2, 0) is 10.9 Å². The lowest BCUT2D eigenvalue weighted by molar-refractivity contribution is -0.141. The molecule has 0 bridgehead atoms. The van der Waals surface area contributed by atoms with Crippen LogP contribution >= 0.6 is 0 Å². The van der Waals surface area contributed by atoms with Gasteiger partial charge in [-0.3, -0.25) is 4.98 Å². The summed E-state index contributed by atoms with van der Waals surface area (Å²) in [5.74, 6) is 0.395. The van der Waals surface area contributed by atoms with Gasteiger partial charge in [-0.1, -0.05) is 0 Å². The molecule has 0 aromatic carbocycles. The third kappa shape index (κ3) is 5.35. The van der Waals surface area contributed by atoms with Crippen molar-refractivity contribution in [3.8, 4) is 0 Å². The monoisotopic (exact) mass is 414 g/mol. The van der Waals surface area contributed by atoms with Gasteiger partial charge in [0.1, 0.15) is 23.9 Å². The maximum atomic E-state index is 12.7. The molecule has 9 nitrogen and oxygen atoms in total. The maximum Gasteiger partial charge on any atom is 0.434 e. The first-order valence-corrected chi connectivity index (χ1v) is 8.89. The predicted molar refractivity (Wildman–Crippen MR) is 94.6 cm³/mol. The first-order chi connectivity index (χ1) is 13.8. The van der Waals surface area contributed by atoms with E-state index in [2.05, 4.69) is 30.6 Å². The van der Waals surface area contributed by atoms with Crippen LogP contribution in [0.1, 0.15) is 24.5 Å². The van der Waals surface area contributed by atoms with Gasteiger partial charge in [-0.05, 0) is 13.0 Å². The van der Waals surface area contributed by atoms with E-state index < -0.39 is 36.2 Å². The van der Waals surface area contributed by atoms with E-state index in [1.165, 1.54) is 0 Å². The lowest BCUT2D eigenvalue weighted by atomic mass is 9.97. The van der Waals surface area contributed by atoms with Crippen LogP contribution < -0.4 is 10.6 Å². The molecule has 3 rings (SSSR count). The van der Waals surface area contributed by atoms with Crippen molar-refractivity contribution in [3.63, 3.8) is 0 Å². The van der Waals surface area contributed by atoms with Crippen molar-refractivity contribution in [2.75, 3.05) is 18.5 Å². The molecule has 4 N–H and O–H groups in total. The topological polar surface area (TPSA) is 125 Å². The highest BCUT2D eigenvalue weighted by atomic mass is 19.4. The van der Waals surface area contributed by atoms with E-state index in [4.69, 9.17) is 4.74 Å². The molecule has 1 fully saturated rings. The normalized spacial score (nSPS) is 26.1. The number of nitrogens with zero attached hydrogens (tertiary/aromatic N) is 4. The number of aliphatic hydroxyl groups excluding tert-OH is 2. The molecule has 0 radical (unpaired) electrons. The number of aromatic nitrogens is 4. The number of hydrogen-bond acceptors (Lipinski definition) is 9. The van der Waals surface area contributed by atoms with Crippen molar-refractivity contribution in [2.45, 2.75) is 43.5 Å². The minimum Gasteiger partial charge on any atom is -0.388 e. The van der Waals surface area contributed by atoms with Gasteiger partial charge in [-0.25, -0.2) is 15.0 Å². The van der Waals surface area contributed by atoms with Gasteiger partial charge < -0.3 is 25.6 Å². The molecule has 3 heterocycles.